The smallest absolute Gasteiger partial charge is 0.338 e. The maximum absolute atomic E-state index is 14.1. The number of amides is 3. The number of aryl methyl sites for hydroxylation is 1. The Bertz CT molecular complexity index is 1700. The number of fused-ring (bicyclic) bond motifs is 1. The summed E-state index contributed by atoms with van der Waals surface area (Å²) in [6, 6.07) is 29.3. The van der Waals surface area contributed by atoms with Crippen molar-refractivity contribution in [3.05, 3.63) is 131 Å². The molecule has 5 rings (SSSR count). The van der Waals surface area contributed by atoms with Crippen LogP contribution in [0.15, 0.2) is 108 Å². The summed E-state index contributed by atoms with van der Waals surface area (Å²) in [5, 5.41) is 5.36. The van der Waals surface area contributed by atoms with Crippen LogP contribution in [-0.4, -0.2) is 48.7 Å². The predicted molar refractivity (Wildman–Crippen MR) is 165 cm³/mol. The number of carbonyl (C=O) groups is 4. The molecule has 43 heavy (non-hydrogen) atoms. The van der Waals surface area contributed by atoms with Crippen LogP contribution >= 0.6 is 0 Å². The molecule has 1 atom stereocenters. The maximum atomic E-state index is 14.1. The van der Waals surface area contributed by atoms with Crippen molar-refractivity contribution in [2.45, 2.75) is 20.0 Å². The number of nitrogens with zero attached hydrogens (tertiary/aromatic N) is 2. The van der Waals surface area contributed by atoms with E-state index in [1.165, 1.54) is 17.0 Å². The summed E-state index contributed by atoms with van der Waals surface area (Å²) in [6.07, 6.45) is -1.34. The third-order valence-electron chi connectivity index (χ3n) is 6.92. The number of ether oxygens (including phenoxy) is 1. The monoisotopic (exact) mass is 574 g/mol. The zero-order valence-corrected chi connectivity index (χ0v) is 23.7. The standard InChI is InChI=1S/C34H30N4O5/c1-3-43-33(41)24-17-19-25(20-18-24)35-34(42)37-31-32(40)38(21-29(39)26-14-8-7-11-22(26)2)28-16-10-9-15-27(28)30(36-31)23-12-5-4-6-13-23/h4-20,31H,3,21H2,1-2H3,(H2,35,37,42). The topological polar surface area (TPSA) is 117 Å². The number of hydrogen-bond donors (Lipinski definition) is 2. The molecule has 1 aliphatic heterocycles. The van der Waals surface area contributed by atoms with Gasteiger partial charge in [0.15, 0.2) is 5.78 Å². The molecule has 9 nitrogen and oxygen atoms in total. The largest absolute Gasteiger partial charge is 0.462 e. The van der Waals surface area contributed by atoms with E-state index in [9.17, 15) is 19.2 Å². The van der Waals surface area contributed by atoms with E-state index in [0.29, 0.717) is 33.8 Å². The van der Waals surface area contributed by atoms with Gasteiger partial charge < -0.3 is 20.3 Å². The summed E-state index contributed by atoms with van der Waals surface area (Å²) in [7, 11) is 0. The quantitative estimate of drug-likeness (QED) is 0.216. The van der Waals surface area contributed by atoms with Crippen LogP contribution in [0.3, 0.4) is 0 Å². The summed E-state index contributed by atoms with van der Waals surface area (Å²) in [4.78, 5) is 58.8. The van der Waals surface area contributed by atoms with Crippen molar-refractivity contribution in [2.24, 2.45) is 4.99 Å². The molecule has 1 aliphatic rings. The molecule has 0 saturated carbocycles. The number of esters is 1. The van der Waals surface area contributed by atoms with Gasteiger partial charge in [-0.05, 0) is 49.7 Å². The third-order valence-corrected chi connectivity index (χ3v) is 6.92. The number of anilines is 2. The third kappa shape index (κ3) is 6.51. The van der Waals surface area contributed by atoms with E-state index in [2.05, 4.69) is 10.6 Å². The summed E-state index contributed by atoms with van der Waals surface area (Å²) < 4.78 is 5.00. The number of Topliss-reactive ketones (excluding diaryl/α,β-unsaturated/α-hetero) is 1. The van der Waals surface area contributed by atoms with E-state index in [1.807, 2.05) is 61.5 Å². The van der Waals surface area contributed by atoms with E-state index in [1.54, 1.807) is 43.3 Å². The van der Waals surface area contributed by atoms with Crippen LogP contribution in [0, 0.1) is 6.92 Å². The molecular weight excluding hydrogens is 544 g/mol. The summed E-state index contributed by atoms with van der Waals surface area (Å²) in [6.45, 7) is 3.57. The second kappa shape index (κ2) is 12.9. The van der Waals surface area contributed by atoms with Crippen LogP contribution in [0.4, 0.5) is 16.2 Å². The highest BCUT2D eigenvalue weighted by Gasteiger charge is 2.34. The Morgan fingerprint density at radius 1 is 0.860 bits per heavy atom. The van der Waals surface area contributed by atoms with Gasteiger partial charge in [0, 0.05) is 22.4 Å². The van der Waals surface area contributed by atoms with Crippen LogP contribution in [0.2, 0.25) is 0 Å². The first-order valence-electron chi connectivity index (χ1n) is 13.8. The minimum Gasteiger partial charge on any atom is -0.462 e. The van der Waals surface area contributed by atoms with Gasteiger partial charge in [0.2, 0.25) is 6.17 Å². The van der Waals surface area contributed by atoms with Crippen molar-refractivity contribution in [3.63, 3.8) is 0 Å². The lowest BCUT2D eigenvalue weighted by molar-refractivity contribution is -0.120. The maximum Gasteiger partial charge on any atom is 0.338 e. The number of ketones is 1. The molecule has 4 aromatic carbocycles. The van der Waals surface area contributed by atoms with Crippen LogP contribution in [0.5, 0.6) is 0 Å². The first kappa shape index (κ1) is 28.9. The summed E-state index contributed by atoms with van der Waals surface area (Å²) in [5.74, 6) is -1.27. The fourth-order valence-corrected chi connectivity index (χ4v) is 4.82. The zero-order valence-electron chi connectivity index (χ0n) is 23.7. The number of para-hydroxylation sites is 1. The Morgan fingerprint density at radius 2 is 1.53 bits per heavy atom. The number of urea groups is 1. The normalized spacial score (nSPS) is 14.2. The molecule has 2 N–H and O–H groups in total. The summed E-state index contributed by atoms with van der Waals surface area (Å²) >= 11 is 0. The number of hydrogen-bond acceptors (Lipinski definition) is 6. The first-order valence-corrected chi connectivity index (χ1v) is 13.8. The van der Waals surface area contributed by atoms with Crippen LogP contribution in [0.1, 0.15) is 44.3 Å². The Kier molecular flexibility index (Phi) is 8.71. The molecule has 0 aliphatic carbocycles. The fourth-order valence-electron chi connectivity index (χ4n) is 4.82. The van der Waals surface area contributed by atoms with Crippen LogP contribution in [0.25, 0.3) is 0 Å². The molecule has 4 aromatic rings. The number of nitrogens with one attached hydrogen (secondary N) is 2. The SMILES string of the molecule is CCOC(=O)c1ccc(NC(=O)NC2N=C(c3ccccc3)c3ccccc3N(CC(=O)c3ccccc3C)C2=O)cc1. The molecule has 1 unspecified atom stereocenters. The lowest BCUT2D eigenvalue weighted by atomic mass is 9.99. The number of aliphatic imine (C=N–C) groups is 1. The minimum atomic E-state index is -1.34. The number of rotatable bonds is 8. The van der Waals surface area contributed by atoms with Crippen molar-refractivity contribution in [1.29, 1.82) is 0 Å². The Morgan fingerprint density at radius 3 is 2.26 bits per heavy atom. The van der Waals surface area contributed by atoms with Gasteiger partial charge >= 0.3 is 12.0 Å². The van der Waals surface area contributed by atoms with Gasteiger partial charge in [0.1, 0.15) is 0 Å². The molecular formula is C34H30N4O5. The first-order chi connectivity index (χ1) is 20.9. The average Bonchev–Trinajstić information content (AvgIpc) is 3.13. The second-order valence-electron chi connectivity index (χ2n) is 9.82. The summed E-state index contributed by atoms with van der Waals surface area (Å²) in [5.41, 5.74) is 4.46. The van der Waals surface area contributed by atoms with E-state index in [-0.39, 0.29) is 18.9 Å². The molecule has 0 saturated heterocycles. The van der Waals surface area contributed by atoms with E-state index >= 15 is 0 Å². The van der Waals surface area contributed by atoms with Gasteiger partial charge in [-0.15, -0.1) is 0 Å². The van der Waals surface area contributed by atoms with Gasteiger partial charge in [-0.1, -0.05) is 72.8 Å². The van der Waals surface area contributed by atoms with Gasteiger partial charge in [0.05, 0.1) is 30.1 Å². The van der Waals surface area contributed by atoms with Crippen molar-refractivity contribution in [2.75, 3.05) is 23.4 Å². The van der Waals surface area contributed by atoms with Crippen LogP contribution in [-0.2, 0) is 9.53 Å². The zero-order chi connectivity index (χ0) is 30.3. The number of benzene rings is 4. The molecule has 3 amide bonds. The average molecular weight is 575 g/mol. The molecule has 0 bridgehead atoms. The molecule has 0 radical (unpaired) electrons. The van der Waals surface area contributed by atoms with Gasteiger partial charge in [0.25, 0.3) is 5.91 Å². The molecule has 9 heteroatoms. The van der Waals surface area contributed by atoms with Gasteiger partial charge in [-0.25, -0.2) is 14.6 Å². The Hall–Kier alpha value is -5.57. The minimum absolute atomic E-state index is 0.241. The van der Waals surface area contributed by atoms with E-state index in [0.717, 1.165) is 11.1 Å². The van der Waals surface area contributed by atoms with Gasteiger partial charge in [-0.2, -0.15) is 0 Å². The lowest BCUT2D eigenvalue weighted by Crippen LogP contribution is -2.50. The molecule has 216 valence electrons. The van der Waals surface area contributed by atoms with Crippen molar-refractivity contribution in [3.8, 4) is 0 Å². The van der Waals surface area contributed by atoms with E-state index < -0.39 is 24.1 Å². The molecule has 0 spiro atoms. The number of carbonyl (C=O) groups excluding carboxylic acids is 4. The highest BCUT2D eigenvalue weighted by molar-refractivity contribution is 6.21. The molecule has 1 heterocycles. The Labute approximate surface area is 249 Å². The van der Waals surface area contributed by atoms with Crippen molar-refractivity contribution < 1.29 is 23.9 Å². The molecule has 0 fully saturated rings. The van der Waals surface area contributed by atoms with Crippen molar-refractivity contribution >= 4 is 40.8 Å². The predicted octanol–water partition coefficient (Wildman–Crippen LogP) is 5.39. The van der Waals surface area contributed by atoms with Gasteiger partial charge in [-0.3, -0.25) is 9.59 Å². The fraction of sp³-hybridized carbons (Fsp3) is 0.147. The Balaban J connectivity index is 1.47. The highest BCUT2D eigenvalue weighted by atomic mass is 16.5. The lowest BCUT2D eigenvalue weighted by Gasteiger charge is -2.25. The molecule has 0 aromatic heterocycles. The number of benzodiazepines with no additional fused rings is 1. The van der Waals surface area contributed by atoms with Crippen molar-refractivity contribution in [1.82, 2.24) is 5.32 Å². The highest BCUT2D eigenvalue weighted by Crippen LogP contribution is 2.29. The van der Waals surface area contributed by atoms with Crippen LogP contribution < -0.4 is 15.5 Å². The second-order valence-corrected chi connectivity index (χ2v) is 9.82. The van der Waals surface area contributed by atoms with E-state index in [4.69, 9.17) is 9.73 Å².